The third kappa shape index (κ3) is 8.58. The van der Waals surface area contributed by atoms with Crippen LogP contribution in [0.4, 0.5) is 0 Å². The molecule has 0 aromatic carbocycles. The zero-order valence-corrected chi connectivity index (χ0v) is 14.8. The Bertz CT molecular complexity index is 561. The summed E-state index contributed by atoms with van der Waals surface area (Å²) < 4.78 is 0. The Morgan fingerprint density at radius 3 is 2.19 bits per heavy atom. The molecule has 1 aromatic heterocycles. The molecular weight excluding hydrogens is 344 g/mol. The smallest absolute Gasteiger partial charge is 0.317 e. The molecular formula is C16H26N4O6. The average Bonchev–Trinajstić information content (AvgIpc) is 3.02. The lowest BCUT2D eigenvalue weighted by Gasteiger charge is -2.33. The van der Waals surface area contributed by atoms with Crippen molar-refractivity contribution in [2.45, 2.75) is 38.8 Å². The number of nitrogens with zero attached hydrogens (tertiary/aromatic N) is 3. The zero-order chi connectivity index (χ0) is 19.5. The van der Waals surface area contributed by atoms with E-state index in [2.05, 4.69) is 9.97 Å². The molecule has 1 heterocycles. The highest BCUT2D eigenvalue weighted by molar-refractivity contribution is 5.72. The summed E-state index contributed by atoms with van der Waals surface area (Å²) in [6.45, 7) is 1.31. The summed E-state index contributed by atoms with van der Waals surface area (Å²) in [6, 6.07) is -0.310. The van der Waals surface area contributed by atoms with E-state index in [9.17, 15) is 19.5 Å². The van der Waals surface area contributed by atoms with E-state index >= 15 is 0 Å². The van der Waals surface area contributed by atoms with Gasteiger partial charge in [-0.2, -0.15) is 0 Å². The Hall–Kier alpha value is -2.46. The largest absolute Gasteiger partial charge is 0.480 e. The lowest BCUT2D eigenvalue weighted by molar-refractivity contribution is -0.144. The van der Waals surface area contributed by atoms with Crippen LogP contribution in [-0.2, 0) is 20.9 Å². The van der Waals surface area contributed by atoms with Crippen molar-refractivity contribution in [1.29, 1.82) is 0 Å². The quantitative estimate of drug-likeness (QED) is 0.363. The van der Waals surface area contributed by atoms with E-state index in [1.807, 2.05) is 6.92 Å². The molecule has 1 aromatic rings. The fourth-order valence-corrected chi connectivity index (χ4v) is 2.76. The molecule has 0 bridgehead atoms. The summed E-state index contributed by atoms with van der Waals surface area (Å²) in [4.78, 5) is 43.4. The Kier molecular flexibility index (Phi) is 9.31. The minimum atomic E-state index is -1.13. The van der Waals surface area contributed by atoms with Crippen molar-refractivity contribution in [1.82, 2.24) is 19.8 Å². The van der Waals surface area contributed by atoms with Gasteiger partial charge in [0.2, 0.25) is 0 Å². The van der Waals surface area contributed by atoms with Gasteiger partial charge >= 0.3 is 17.9 Å². The second kappa shape index (κ2) is 11.2. The molecule has 1 rings (SSSR count). The van der Waals surface area contributed by atoms with Crippen LogP contribution in [-0.4, -0.2) is 85.2 Å². The maximum absolute atomic E-state index is 11.3. The van der Waals surface area contributed by atoms with Gasteiger partial charge in [-0.3, -0.25) is 24.2 Å². The van der Waals surface area contributed by atoms with E-state index in [4.69, 9.17) is 10.2 Å². The van der Waals surface area contributed by atoms with Crippen molar-refractivity contribution in [3.63, 3.8) is 0 Å². The van der Waals surface area contributed by atoms with E-state index in [-0.39, 0.29) is 25.7 Å². The van der Waals surface area contributed by atoms with Crippen LogP contribution in [0.1, 0.15) is 32.0 Å². The zero-order valence-electron chi connectivity index (χ0n) is 14.8. The van der Waals surface area contributed by atoms with Gasteiger partial charge in [0.25, 0.3) is 0 Å². The summed E-state index contributed by atoms with van der Waals surface area (Å²) in [5.41, 5.74) is 0. The molecule has 0 fully saturated rings. The fraction of sp³-hybridized carbons (Fsp3) is 0.625. The Morgan fingerprint density at radius 1 is 1.12 bits per heavy atom. The number of hydrogen-bond donors (Lipinski definition) is 4. The molecule has 0 aliphatic carbocycles. The minimum absolute atomic E-state index is 0.145. The van der Waals surface area contributed by atoms with Crippen molar-refractivity contribution in [3.05, 3.63) is 18.2 Å². The number of carboxylic acids is 3. The first-order valence-corrected chi connectivity index (χ1v) is 8.41. The first-order chi connectivity index (χ1) is 12.3. The van der Waals surface area contributed by atoms with E-state index in [0.717, 1.165) is 12.8 Å². The van der Waals surface area contributed by atoms with Gasteiger partial charge in [-0.25, -0.2) is 4.98 Å². The lowest BCUT2D eigenvalue weighted by Crippen LogP contribution is -2.48. The van der Waals surface area contributed by atoms with Gasteiger partial charge in [0.15, 0.2) is 0 Å². The number of H-pyrrole nitrogens is 1. The molecule has 10 heteroatoms. The van der Waals surface area contributed by atoms with Gasteiger partial charge in [-0.15, -0.1) is 0 Å². The van der Waals surface area contributed by atoms with Crippen LogP contribution in [0, 0.1) is 0 Å². The van der Waals surface area contributed by atoms with Crippen LogP contribution >= 0.6 is 0 Å². The highest BCUT2D eigenvalue weighted by Crippen LogP contribution is 2.14. The molecule has 0 amide bonds. The van der Waals surface area contributed by atoms with Gasteiger partial charge in [0, 0.05) is 25.0 Å². The first-order valence-electron chi connectivity index (χ1n) is 8.41. The van der Waals surface area contributed by atoms with Crippen molar-refractivity contribution in [2.24, 2.45) is 0 Å². The number of aliphatic carboxylic acids is 3. The number of aromatic amines is 1. The van der Waals surface area contributed by atoms with Crippen molar-refractivity contribution >= 4 is 17.9 Å². The molecule has 4 N–H and O–H groups in total. The van der Waals surface area contributed by atoms with Gasteiger partial charge in [-0.05, 0) is 6.42 Å². The normalized spacial score (nSPS) is 12.4. The molecule has 0 radical (unpaired) electrons. The standard InChI is InChI=1S/C16H26N4O6/c1-2-3-4-12(7-19(9-14(21)22)10-15(23)24)20(11-16(25)26)8-13-17-5-6-18-13/h5-6,12H,2-4,7-11H2,1H3,(H,17,18)(H,21,22)(H,23,24)(H,25,26). The van der Waals surface area contributed by atoms with Crippen LogP contribution in [0.3, 0.4) is 0 Å². The van der Waals surface area contributed by atoms with E-state index in [1.165, 1.54) is 4.90 Å². The fourth-order valence-electron chi connectivity index (χ4n) is 2.76. The summed E-state index contributed by atoms with van der Waals surface area (Å²) in [6.07, 6.45) is 5.52. The molecule has 1 atom stereocenters. The number of rotatable bonds is 14. The predicted molar refractivity (Wildman–Crippen MR) is 91.7 cm³/mol. The molecule has 0 spiro atoms. The lowest BCUT2D eigenvalue weighted by atomic mass is 10.1. The summed E-state index contributed by atoms with van der Waals surface area (Å²) >= 11 is 0. The molecule has 26 heavy (non-hydrogen) atoms. The van der Waals surface area contributed by atoms with E-state index < -0.39 is 31.0 Å². The number of nitrogens with one attached hydrogen (secondary N) is 1. The average molecular weight is 370 g/mol. The summed E-state index contributed by atoms with van der Waals surface area (Å²) in [7, 11) is 0. The summed E-state index contributed by atoms with van der Waals surface area (Å²) in [5, 5.41) is 27.3. The maximum Gasteiger partial charge on any atom is 0.317 e. The van der Waals surface area contributed by atoms with Gasteiger partial charge < -0.3 is 20.3 Å². The number of imidazole rings is 1. The number of carboxylic acid groups (broad SMARTS) is 3. The second-order valence-electron chi connectivity index (χ2n) is 6.09. The van der Waals surface area contributed by atoms with Crippen molar-refractivity contribution in [2.75, 3.05) is 26.2 Å². The minimum Gasteiger partial charge on any atom is -0.480 e. The second-order valence-corrected chi connectivity index (χ2v) is 6.09. The molecule has 1 unspecified atom stereocenters. The Balaban J connectivity index is 2.96. The van der Waals surface area contributed by atoms with E-state index in [1.54, 1.807) is 17.3 Å². The highest BCUT2D eigenvalue weighted by atomic mass is 16.4. The molecule has 0 aliphatic heterocycles. The van der Waals surface area contributed by atoms with Crippen molar-refractivity contribution < 1.29 is 29.7 Å². The monoisotopic (exact) mass is 370 g/mol. The topological polar surface area (TPSA) is 147 Å². The Morgan fingerprint density at radius 2 is 1.73 bits per heavy atom. The third-order valence-electron chi connectivity index (χ3n) is 3.84. The molecule has 10 nitrogen and oxygen atoms in total. The van der Waals surface area contributed by atoms with Crippen LogP contribution in [0.2, 0.25) is 0 Å². The van der Waals surface area contributed by atoms with Crippen LogP contribution < -0.4 is 0 Å². The maximum atomic E-state index is 11.3. The first kappa shape index (κ1) is 21.6. The third-order valence-corrected chi connectivity index (χ3v) is 3.84. The number of hydrogen-bond acceptors (Lipinski definition) is 6. The number of unbranched alkanes of at least 4 members (excludes halogenated alkanes) is 1. The van der Waals surface area contributed by atoms with Gasteiger partial charge in [0.05, 0.1) is 26.2 Å². The van der Waals surface area contributed by atoms with Crippen molar-refractivity contribution in [3.8, 4) is 0 Å². The Labute approximate surface area is 151 Å². The highest BCUT2D eigenvalue weighted by Gasteiger charge is 2.25. The van der Waals surface area contributed by atoms with Crippen LogP contribution in [0.15, 0.2) is 12.4 Å². The molecule has 146 valence electrons. The summed E-state index contributed by atoms with van der Waals surface area (Å²) in [5.74, 6) is -2.68. The molecule has 0 saturated carbocycles. The van der Waals surface area contributed by atoms with Gasteiger partial charge in [-0.1, -0.05) is 19.8 Å². The SMILES string of the molecule is CCCCC(CN(CC(=O)O)CC(=O)O)N(CC(=O)O)Cc1ncc[nH]1. The molecule has 0 saturated heterocycles. The number of carbonyl (C=O) groups is 3. The van der Waals surface area contributed by atoms with Crippen LogP contribution in [0.5, 0.6) is 0 Å². The molecule has 0 aliphatic rings. The number of aromatic nitrogens is 2. The van der Waals surface area contributed by atoms with E-state index in [0.29, 0.717) is 12.2 Å². The predicted octanol–water partition coefficient (Wildman–Crippen LogP) is 0.326. The van der Waals surface area contributed by atoms with Gasteiger partial charge in [0.1, 0.15) is 5.82 Å². The van der Waals surface area contributed by atoms with Crippen LogP contribution in [0.25, 0.3) is 0 Å².